The monoisotopic (exact) mass is 481 g/mol. The molecular formula is C27H19N3O4S. The maximum absolute atomic E-state index is 13.2. The predicted molar refractivity (Wildman–Crippen MR) is 136 cm³/mol. The Kier molecular flexibility index (Phi) is 5.35. The highest BCUT2D eigenvalue weighted by Crippen LogP contribution is 2.36. The average Bonchev–Trinajstić information content (AvgIpc) is 3.47. The minimum absolute atomic E-state index is 0.0533. The van der Waals surface area contributed by atoms with Crippen molar-refractivity contribution in [2.45, 2.75) is 11.5 Å². The van der Waals surface area contributed by atoms with Crippen molar-refractivity contribution in [3.05, 3.63) is 112 Å². The van der Waals surface area contributed by atoms with E-state index in [1.54, 1.807) is 40.7 Å². The number of carbonyl (C=O) groups excluding carboxylic acids is 1. The minimum atomic E-state index is -0.680. The number of nitrogens with one attached hydrogen (secondary N) is 1. The van der Waals surface area contributed by atoms with Gasteiger partial charge in [-0.25, -0.2) is 9.48 Å². The third-order valence-corrected chi connectivity index (χ3v) is 6.70. The topological polar surface area (TPSA) is 86.4 Å². The van der Waals surface area contributed by atoms with Gasteiger partial charge in [0.2, 0.25) is 0 Å². The van der Waals surface area contributed by atoms with Crippen LogP contribution in [0.3, 0.4) is 0 Å². The third-order valence-electron chi connectivity index (χ3n) is 5.73. The summed E-state index contributed by atoms with van der Waals surface area (Å²) in [5, 5.41) is 8.34. The van der Waals surface area contributed by atoms with Crippen LogP contribution in [0.2, 0.25) is 0 Å². The van der Waals surface area contributed by atoms with Crippen molar-refractivity contribution in [3.8, 4) is 17.2 Å². The van der Waals surface area contributed by atoms with Gasteiger partial charge < -0.3 is 14.5 Å². The molecule has 1 amide bonds. The fourth-order valence-corrected chi connectivity index (χ4v) is 5.04. The van der Waals surface area contributed by atoms with Crippen molar-refractivity contribution in [1.82, 2.24) is 9.78 Å². The lowest BCUT2D eigenvalue weighted by atomic mass is 10.1. The lowest BCUT2D eigenvalue weighted by Crippen LogP contribution is -2.22. The van der Waals surface area contributed by atoms with E-state index in [4.69, 9.17) is 14.3 Å². The van der Waals surface area contributed by atoms with Gasteiger partial charge in [-0.1, -0.05) is 36.4 Å². The van der Waals surface area contributed by atoms with Gasteiger partial charge in [-0.2, -0.15) is 16.9 Å². The zero-order chi connectivity index (χ0) is 23.8. The summed E-state index contributed by atoms with van der Waals surface area (Å²) in [5.41, 5.74) is 2.35. The molecule has 1 aliphatic rings. The molecule has 0 aliphatic carbocycles. The molecule has 0 saturated heterocycles. The normalized spacial score (nSPS) is 12.5. The molecule has 6 rings (SSSR count). The number of hydrogen-bond acceptors (Lipinski definition) is 6. The van der Waals surface area contributed by atoms with Gasteiger partial charge in [0.15, 0.2) is 0 Å². The number of anilines is 1. The summed E-state index contributed by atoms with van der Waals surface area (Å²) in [6, 6.07) is 25.7. The lowest BCUT2D eigenvalue weighted by Gasteiger charge is -2.12. The molecule has 0 spiro atoms. The molecule has 5 aromatic rings. The highest BCUT2D eigenvalue weighted by atomic mass is 32.2. The van der Waals surface area contributed by atoms with Gasteiger partial charge in [-0.3, -0.25) is 4.79 Å². The fraction of sp³-hybridized carbons (Fsp3) is 0.0741. The number of hydrogen-bond donors (Lipinski definition) is 1. The smallest absolute Gasteiger partial charge is 0.349 e. The summed E-state index contributed by atoms with van der Waals surface area (Å²) in [6.45, 7) is 0. The molecule has 2 aromatic heterocycles. The van der Waals surface area contributed by atoms with E-state index in [1.165, 1.54) is 0 Å². The summed E-state index contributed by atoms with van der Waals surface area (Å²) in [7, 11) is 0. The van der Waals surface area contributed by atoms with Crippen LogP contribution in [0.15, 0.2) is 94.1 Å². The Morgan fingerprint density at radius 2 is 1.69 bits per heavy atom. The second-order valence-corrected chi connectivity index (χ2v) is 9.01. The fourth-order valence-electron chi connectivity index (χ4n) is 4.00. The highest BCUT2D eigenvalue weighted by molar-refractivity contribution is 7.98. The molecule has 8 heteroatoms. The van der Waals surface area contributed by atoms with E-state index in [1.807, 2.05) is 60.7 Å². The number of carbonyl (C=O) groups is 1. The summed E-state index contributed by atoms with van der Waals surface area (Å²) < 4.78 is 12.9. The van der Waals surface area contributed by atoms with Crippen molar-refractivity contribution in [3.63, 3.8) is 0 Å². The van der Waals surface area contributed by atoms with Crippen molar-refractivity contribution in [2.24, 2.45) is 0 Å². The summed E-state index contributed by atoms with van der Waals surface area (Å²) in [6.07, 6.45) is 0. The molecular weight excluding hydrogens is 462 g/mol. The summed E-state index contributed by atoms with van der Waals surface area (Å²) >= 11 is 1.73. The predicted octanol–water partition coefficient (Wildman–Crippen LogP) is 5.77. The Morgan fingerprint density at radius 1 is 0.943 bits per heavy atom. The SMILES string of the molecule is O=C(Nc1c2c(nn1-c1ccc(Oc3ccccc3)cc1)CSC2)c1cc2ccccc2oc1=O. The number of para-hydroxylation sites is 2. The zero-order valence-corrected chi connectivity index (χ0v) is 19.2. The van der Waals surface area contributed by atoms with Gasteiger partial charge >= 0.3 is 5.63 Å². The molecule has 35 heavy (non-hydrogen) atoms. The van der Waals surface area contributed by atoms with Crippen LogP contribution < -0.4 is 15.7 Å². The summed E-state index contributed by atoms with van der Waals surface area (Å²) in [4.78, 5) is 25.7. The van der Waals surface area contributed by atoms with Crippen molar-refractivity contribution < 1.29 is 13.9 Å². The number of fused-ring (bicyclic) bond motifs is 2. The molecule has 3 heterocycles. The van der Waals surface area contributed by atoms with Crippen LogP contribution in [-0.4, -0.2) is 15.7 Å². The van der Waals surface area contributed by atoms with Crippen molar-refractivity contribution in [2.75, 3.05) is 5.32 Å². The second kappa shape index (κ2) is 8.81. The molecule has 0 saturated carbocycles. The lowest BCUT2D eigenvalue weighted by molar-refractivity contribution is 0.102. The Bertz CT molecular complexity index is 1610. The Balaban J connectivity index is 1.32. The molecule has 1 aliphatic heterocycles. The van der Waals surface area contributed by atoms with Crippen molar-refractivity contribution in [1.29, 1.82) is 0 Å². The first kappa shape index (κ1) is 21.2. The van der Waals surface area contributed by atoms with Crippen molar-refractivity contribution >= 4 is 34.5 Å². The Hall–Kier alpha value is -4.30. The maximum atomic E-state index is 13.2. The van der Waals surface area contributed by atoms with E-state index in [2.05, 4.69) is 5.32 Å². The standard InChI is InChI=1S/C27H19N3O4S/c31-26(21-14-17-6-4-5-9-24(17)34-27(21)32)28-25-22-15-35-16-23(22)29-30(25)18-10-12-20(13-11-18)33-19-7-2-1-3-8-19/h1-14H,15-16H2,(H,28,31). The molecule has 172 valence electrons. The minimum Gasteiger partial charge on any atom is -0.457 e. The molecule has 0 radical (unpaired) electrons. The Morgan fingerprint density at radius 3 is 2.51 bits per heavy atom. The number of nitrogens with zero attached hydrogens (tertiary/aromatic N) is 2. The van der Waals surface area contributed by atoms with Crippen LogP contribution in [-0.2, 0) is 11.5 Å². The molecule has 0 fully saturated rings. The number of amides is 1. The van der Waals surface area contributed by atoms with Gasteiger partial charge in [0.1, 0.15) is 28.5 Å². The zero-order valence-electron chi connectivity index (χ0n) is 18.4. The molecule has 0 atom stereocenters. The van der Waals surface area contributed by atoms with E-state index >= 15 is 0 Å². The first-order chi connectivity index (χ1) is 17.2. The Labute approximate surface area is 204 Å². The number of rotatable bonds is 5. The van der Waals surface area contributed by atoms with E-state index < -0.39 is 11.5 Å². The third kappa shape index (κ3) is 4.08. The van der Waals surface area contributed by atoms with Gasteiger partial charge in [0.25, 0.3) is 5.91 Å². The second-order valence-electron chi connectivity index (χ2n) is 8.03. The first-order valence-electron chi connectivity index (χ1n) is 11.0. The number of benzene rings is 3. The van der Waals surface area contributed by atoms with Gasteiger partial charge in [-0.15, -0.1) is 0 Å². The average molecular weight is 482 g/mol. The van der Waals surface area contributed by atoms with Gasteiger partial charge in [0, 0.05) is 22.5 Å². The van der Waals surface area contributed by atoms with E-state index in [0.717, 1.165) is 34.2 Å². The van der Waals surface area contributed by atoms with Gasteiger partial charge in [0.05, 0.1) is 11.4 Å². The quantitative estimate of drug-likeness (QED) is 0.321. The number of ether oxygens (including phenoxy) is 1. The van der Waals surface area contributed by atoms with Crippen LogP contribution in [0.1, 0.15) is 21.6 Å². The molecule has 3 aromatic carbocycles. The number of thioether (sulfide) groups is 1. The van der Waals surface area contributed by atoms with Crippen LogP contribution >= 0.6 is 11.8 Å². The molecule has 1 N–H and O–H groups in total. The van der Waals surface area contributed by atoms with Crippen LogP contribution in [0.5, 0.6) is 11.5 Å². The van der Waals surface area contributed by atoms with Crippen LogP contribution in [0.4, 0.5) is 5.82 Å². The largest absolute Gasteiger partial charge is 0.457 e. The summed E-state index contributed by atoms with van der Waals surface area (Å²) in [5.74, 6) is 2.95. The molecule has 7 nitrogen and oxygen atoms in total. The van der Waals surface area contributed by atoms with Crippen LogP contribution in [0.25, 0.3) is 16.7 Å². The van der Waals surface area contributed by atoms with E-state index in [9.17, 15) is 9.59 Å². The van der Waals surface area contributed by atoms with E-state index in [-0.39, 0.29) is 5.56 Å². The molecule has 0 unspecified atom stereocenters. The molecule has 0 bridgehead atoms. The number of aromatic nitrogens is 2. The maximum Gasteiger partial charge on any atom is 0.349 e. The highest BCUT2D eigenvalue weighted by Gasteiger charge is 2.26. The first-order valence-corrected chi connectivity index (χ1v) is 12.2. The van der Waals surface area contributed by atoms with Crippen LogP contribution in [0, 0.1) is 0 Å². The van der Waals surface area contributed by atoms with Gasteiger partial charge in [-0.05, 0) is 48.5 Å². The van der Waals surface area contributed by atoms with E-state index in [0.29, 0.717) is 22.5 Å².